The van der Waals surface area contributed by atoms with Crippen LogP contribution in [0.3, 0.4) is 0 Å². The van der Waals surface area contributed by atoms with Gasteiger partial charge in [0, 0.05) is 23.5 Å². The van der Waals surface area contributed by atoms with Gasteiger partial charge in [-0.15, -0.1) is 10.2 Å². The predicted molar refractivity (Wildman–Crippen MR) is 102 cm³/mol. The van der Waals surface area contributed by atoms with E-state index in [1.165, 1.54) is 19.3 Å². The minimum Gasteiger partial charge on any atom is -0.331 e. The van der Waals surface area contributed by atoms with E-state index < -0.39 is 0 Å². The van der Waals surface area contributed by atoms with Gasteiger partial charge < -0.3 is 15.2 Å². The normalized spacial score (nSPS) is 14.8. The van der Waals surface area contributed by atoms with Crippen molar-refractivity contribution in [2.45, 2.75) is 44.7 Å². The molecule has 1 fully saturated rings. The molecular weight excluding hydrogens is 342 g/mol. The van der Waals surface area contributed by atoms with E-state index in [4.69, 9.17) is 0 Å². The van der Waals surface area contributed by atoms with Crippen molar-refractivity contribution in [2.24, 2.45) is 0 Å². The Morgan fingerprint density at radius 3 is 2.93 bits per heavy atom. The number of H-pyrrole nitrogens is 1. The van der Waals surface area contributed by atoms with E-state index in [2.05, 4.69) is 35.6 Å². The number of hydrogen-bond donors (Lipinski definition) is 3. The Kier molecular flexibility index (Phi) is 5.13. The zero-order valence-electron chi connectivity index (χ0n) is 15.1. The Morgan fingerprint density at radius 2 is 2.11 bits per heavy atom. The van der Waals surface area contributed by atoms with Gasteiger partial charge in [0.2, 0.25) is 0 Å². The number of nitrogens with one attached hydrogen (secondary N) is 3. The van der Waals surface area contributed by atoms with Crippen LogP contribution < -0.4 is 10.6 Å². The first-order chi connectivity index (χ1) is 13.3. The fraction of sp³-hybridized carbons (Fsp3) is 0.368. The molecule has 0 bridgehead atoms. The van der Waals surface area contributed by atoms with Crippen molar-refractivity contribution < 1.29 is 4.79 Å². The zero-order valence-corrected chi connectivity index (χ0v) is 15.1. The van der Waals surface area contributed by atoms with E-state index in [9.17, 15) is 4.79 Å². The van der Waals surface area contributed by atoms with Crippen LogP contribution >= 0.6 is 0 Å². The molecule has 0 radical (unpaired) electrons. The van der Waals surface area contributed by atoms with Gasteiger partial charge in [0.25, 0.3) is 0 Å². The number of amides is 2. The lowest BCUT2D eigenvalue weighted by molar-refractivity contribution is 0.251. The first-order valence-corrected chi connectivity index (χ1v) is 9.32. The summed E-state index contributed by atoms with van der Waals surface area (Å²) in [4.78, 5) is 12.3. The van der Waals surface area contributed by atoms with Crippen LogP contribution in [0, 0.1) is 0 Å². The van der Waals surface area contributed by atoms with Gasteiger partial charge in [-0.3, -0.25) is 5.10 Å². The Hall–Kier alpha value is -3.16. The first-order valence-electron chi connectivity index (χ1n) is 9.32. The first kappa shape index (κ1) is 17.3. The van der Waals surface area contributed by atoms with Crippen LogP contribution in [0.5, 0.6) is 0 Å². The van der Waals surface area contributed by atoms with E-state index in [0.29, 0.717) is 18.3 Å². The summed E-state index contributed by atoms with van der Waals surface area (Å²) in [7, 11) is 0. The highest BCUT2D eigenvalue weighted by molar-refractivity contribution is 5.89. The summed E-state index contributed by atoms with van der Waals surface area (Å²) < 4.78 is 2.11. The lowest BCUT2D eigenvalue weighted by Crippen LogP contribution is -2.30. The molecule has 0 atom stereocenters. The Bertz CT molecular complexity index is 881. The summed E-state index contributed by atoms with van der Waals surface area (Å²) in [6, 6.07) is 9.67. The standard InChI is InChI=1S/C19H23N7O/c27-19(23-15-6-4-5-14(11-15)17-9-10-21-24-17)20-12-18-25-22-13-26(18)16-7-2-1-3-8-16/h4-6,9-11,13,16H,1-3,7-8,12H2,(H,21,24)(H2,20,23,27). The lowest BCUT2D eigenvalue weighted by Gasteiger charge is -2.24. The van der Waals surface area contributed by atoms with Gasteiger partial charge in [-0.1, -0.05) is 31.4 Å². The molecule has 1 saturated carbocycles. The molecule has 140 valence electrons. The van der Waals surface area contributed by atoms with E-state index in [1.54, 1.807) is 12.5 Å². The van der Waals surface area contributed by atoms with Crippen molar-refractivity contribution in [2.75, 3.05) is 5.32 Å². The number of carbonyl (C=O) groups excluding carboxylic acids is 1. The van der Waals surface area contributed by atoms with Gasteiger partial charge in [-0.2, -0.15) is 5.10 Å². The summed E-state index contributed by atoms with van der Waals surface area (Å²) in [5, 5.41) is 20.8. The third-order valence-corrected chi connectivity index (χ3v) is 4.95. The molecule has 3 aromatic rings. The van der Waals surface area contributed by atoms with E-state index in [-0.39, 0.29) is 6.03 Å². The second-order valence-corrected chi connectivity index (χ2v) is 6.81. The van der Waals surface area contributed by atoms with Gasteiger partial charge >= 0.3 is 6.03 Å². The maximum atomic E-state index is 12.3. The summed E-state index contributed by atoms with van der Waals surface area (Å²) in [5.74, 6) is 0.795. The quantitative estimate of drug-likeness (QED) is 0.644. The van der Waals surface area contributed by atoms with E-state index >= 15 is 0 Å². The van der Waals surface area contributed by atoms with Crippen LogP contribution in [0.4, 0.5) is 10.5 Å². The fourth-order valence-electron chi connectivity index (χ4n) is 3.57. The third-order valence-electron chi connectivity index (χ3n) is 4.95. The predicted octanol–water partition coefficient (Wildman–Crippen LogP) is 3.50. The smallest absolute Gasteiger partial charge is 0.319 e. The molecule has 0 unspecified atom stereocenters. The number of carbonyl (C=O) groups is 1. The number of rotatable bonds is 5. The molecule has 2 amide bonds. The minimum absolute atomic E-state index is 0.269. The average Bonchev–Trinajstić information content (AvgIpc) is 3.39. The van der Waals surface area contributed by atoms with Crippen LogP contribution in [0.25, 0.3) is 11.3 Å². The van der Waals surface area contributed by atoms with Crippen molar-refractivity contribution in [1.82, 2.24) is 30.3 Å². The number of urea groups is 1. The summed E-state index contributed by atoms with van der Waals surface area (Å²) >= 11 is 0. The second kappa shape index (κ2) is 8.03. The highest BCUT2D eigenvalue weighted by atomic mass is 16.2. The number of nitrogens with zero attached hydrogens (tertiary/aromatic N) is 4. The molecule has 0 saturated heterocycles. The van der Waals surface area contributed by atoms with Gasteiger partial charge in [-0.25, -0.2) is 4.79 Å². The van der Waals surface area contributed by atoms with Gasteiger partial charge in [-0.05, 0) is 31.0 Å². The monoisotopic (exact) mass is 365 g/mol. The highest BCUT2D eigenvalue weighted by Crippen LogP contribution is 2.28. The molecule has 4 rings (SSSR count). The van der Waals surface area contributed by atoms with Crippen LogP contribution in [-0.2, 0) is 6.54 Å². The van der Waals surface area contributed by atoms with Gasteiger partial charge in [0.05, 0.1) is 12.2 Å². The van der Waals surface area contributed by atoms with Crippen molar-refractivity contribution in [3.8, 4) is 11.3 Å². The van der Waals surface area contributed by atoms with Crippen molar-refractivity contribution in [1.29, 1.82) is 0 Å². The summed E-state index contributed by atoms with van der Waals surface area (Å²) in [5.41, 5.74) is 2.58. The third kappa shape index (κ3) is 4.16. The molecule has 8 heteroatoms. The van der Waals surface area contributed by atoms with Crippen LogP contribution in [-0.4, -0.2) is 31.0 Å². The Morgan fingerprint density at radius 1 is 1.22 bits per heavy atom. The molecule has 2 heterocycles. The number of aromatic amines is 1. The van der Waals surface area contributed by atoms with Gasteiger partial charge in [0.15, 0.2) is 5.82 Å². The van der Waals surface area contributed by atoms with E-state index in [0.717, 1.165) is 29.9 Å². The molecule has 0 aliphatic heterocycles. The topological polar surface area (TPSA) is 101 Å². The maximum absolute atomic E-state index is 12.3. The highest BCUT2D eigenvalue weighted by Gasteiger charge is 2.18. The largest absolute Gasteiger partial charge is 0.331 e. The van der Waals surface area contributed by atoms with Crippen molar-refractivity contribution >= 4 is 11.7 Å². The number of aromatic nitrogens is 5. The molecule has 1 aromatic carbocycles. The zero-order chi connectivity index (χ0) is 18.5. The SMILES string of the molecule is O=C(NCc1nncn1C1CCCCC1)Nc1cccc(-c2ccn[nH]2)c1. The van der Waals surface area contributed by atoms with Crippen LogP contribution in [0.2, 0.25) is 0 Å². The maximum Gasteiger partial charge on any atom is 0.319 e. The van der Waals surface area contributed by atoms with Crippen molar-refractivity contribution in [3.63, 3.8) is 0 Å². The van der Waals surface area contributed by atoms with Crippen molar-refractivity contribution in [3.05, 3.63) is 48.7 Å². The Labute approximate surface area is 157 Å². The number of hydrogen-bond acceptors (Lipinski definition) is 4. The molecule has 1 aliphatic carbocycles. The molecular formula is C19H23N7O. The molecule has 0 spiro atoms. The lowest BCUT2D eigenvalue weighted by atomic mass is 9.95. The summed E-state index contributed by atoms with van der Waals surface area (Å²) in [6.07, 6.45) is 9.55. The Balaban J connectivity index is 1.35. The van der Waals surface area contributed by atoms with Crippen LogP contribution in [0.15, 0.2) is 42.9 Å². The number of anilines is 1. The molecule has 2 aromatic heterocycles. The summed E-state index contributed by atoms with van der Waals surface area (Å²) in [6.45, 7) is 0.350. The molecule has 8 nitrogen and oxygen atoms in total. The van der Waals surface area contributed by atoms with Gasteiger partial charge in [0.1, 0.15) is 6.33 Å². The molecule has 27 heavy (non-hydrogen) atoms. The minimum atomic E-state index is -0.269. The number of benzene rings is 1. The molecule has 1 aliphatic rings. The average molecular weight is 365 g/mol. The van der Waals surface area contributed by atoms with E-state index in [1.807, 2.05) is 30.3 Å². The van der Waals surface area contributed by atoms with Crippen LogP contribution in [0.1, 0.15) is 44.0 Å². The second-order valence-electron chi connectivity index (χ2n) is 6.81. The fourth-order valence-corrected chi connectivity index (χ4v) is 3.57. The molecule has 3 N–H and O–H groups in total.